The van der Waals surface area contributed by atoms with Crippen LogP contribution in [0.15, 0.2) is 12.3 Å². The van der Waals surface area contributed by atoms with Gasteiger partial charge in [-0.05, 0) is 31.9 Å². The predicted octanol–water partition coefficient (Wildman–Crippen LogP) is 0.904. The minimum Gasteiger partial charge on any atom is -0.369 e. The van der Waals surface area contributed by atoms with Crippen molar-refractivity contribution in [2.75, 3.05) is 18.0 Å². The molecule has 2 N–H and O–H groups in total. The van der Waals surface area contributed by atoms with E-state index in [0.29, 0.717) is 12.1 Å². The van der Waals surface area contributed by atoms with Gasteiger partial charge in [-0.25, -0.2) is 4.98 Å². The predicted molar refractivity (Wildman–Crippen MR) is 68.5 cm³/mol. The van der Waals surface area contributed by atoms with Crippen LogP contribution in [0.1, 0.15) is 29.3 Å². The Morgan fingerprint density at radius 1 is 1.61 bits per heavy atom. The molecule has 1 amide bonds. The van der Waals surface area contributed by atoms with Gasteiger partial charge in [-0.3, -0.25) is 9.59 Å². The first kappa shape index (κ1) is 12.5. The molecule has 1 saturated heterocycles. The third kappa shape index (κ3) is 2.08. The van der Waals surface area contributed by atoms with Crippen molar-refractivity contribution in [3.8, 4) is 0 Å². The summed E-state index contributed by atoms with van der Waals surface area (Å²) >= 11 is 0. The van der Waals surface area contributed by atoms with E-state index in [4.69, 9.17) is 5.73 Å². The molecule has 0 aliphatic carbocycles. The van der Waals surface area contributed by atoms with Crippen LogP contribution in [0.25, 0.3) is 0 Å². The van der Waals surface area contributed by atoms with Gasteiger partial charge in [-0.2, -0.15) is 0 Å². The Kier molecular flexibility index (Phi) is 3.07. The number of nitrogens with zero attached hydrogens (tertiary/aromatic N) is 2. The van der Waals surface area contributed by atoms with Crippen LogP contribution in [-0.4, -0.2) is 30.3 Å². The summed E-state index contributed by atoms with van der Waals surface area (Å²) in [6.07, 6.45) is 3.06. The van der Waals surface area contributed by atoms with Gasteiger partial charge in [0.25, 0.3) is 0 Å². The summed E-state index contributed by atoms with van der Waals surface area (Å²) < 4.78 is 0. The average molecular weight is 247 g/mol. The lowest BCUT2D eigenvalue weighted by molar-refractivity contribution is -0.125. The molecular formula is C13H17N3O2. The molecule has 1 aliphatic heterocycles. The highest BCUT2D eigenvalue weighted by molar-refractivity contribution is 5.82. The van der Waals surface area contributed by atoms with Gasteiger partial charge in [-0.1, -0.05) is 0 Å². The van der Waals surface area contributed by atoms with Crippen LogP contribution in [0.2, 0.25) is 0 Å². The molecule has 1 aromatic rings. The van der Waals surface area contributed by atoms with Crippen molar-refractivity contribution in [1.29, 1.82) is 0 Å². The lowest BCUT2D eigenvalue weighted by Gasteiger charge is -2.23. The van der Waals surface area contributed by atoms with Gasteiger partial charge >= 0.3 is 0 Å². The number of carbonyl (C=O) groups is 2. The van der Waals surface area contributed by atoms with E-state index in [1.165, 1.54) is 0 Å². The Morgan fingerprint density at radius 2 is 2.33 bits per heavy atom. The van der Waals surface area contributed by atoms with Crippen LogP contribution in [-0.2, 0) is 4.79 Å². The summed E-state index contributed by atoms with van der Waals surface area (Å²) in [5, 5.41) is 0. The van der Waals surface area contributed by atoms with E-state index in [9.17, 15) is 9.59 Å². The fourth-order valence-corrected chi connectivity index (χ4v) is 2.33. The second kappa shape index (κ2) is 4.40. The maximum atomic E-state index is 11.4. The number of hydrogen-bond donors (Lipinski definition) is 1. The van der Waals surface area contributed by atoms with Crippen LogP contribution in [0, 0.1) is 12.3 Å². The fraction of sp³-hybridized carbons (Fsp3) is 0.462. The SMILES string of the molecule is Cc1cc(C=O)cnc1N1CCC(C)(C(N)=O)C1. The van der Waals surface area contributed by atoms with Gasteiger partial charge in [0.15, 0.2) is 6.29 Å². The number of aldehydes is 1. The van der Waals surface area contributed by atoms with Crippen LogP contribution in [0.5, 0.6) is 0 Å². The van der Waals surface area contributed by atoms with Crippen LogP contribution in [0.4, 0.5) is 5.82 Å². The smallest absolute Gasteiger partial charge is 0.225 e. The summed E-state index contributed by atoms with van der Waals surface area (Å²) in [4.78, 5) is 28.4. The van der Waals surface area contributed by atoms with E-state index < -0.39 is 5.41 Å². The number of pyridine rings is 1. The Hall–Kier alpha value is -1.91. The van der Waals surface area contributed by atoms with E-state index in [1.54, 1.807) is 12.3 Å². The zero-order valence-corrected chi connectivity index (χ0v) is 10.6. The summed E-state index contributed by atoms with van der Waals surface area (Å²) in [7, 11) is 0. The molecule has 0 bridgehead atoms. The lowest BCUT2D eigenvalue weighted by atomic mass is 9.89. The van der Waals surface area contributed by atoms with Crippen LogP contribution >= 0.6 is 0 Å². The number of rotatable bonds is 3. The molecule has 0 saturated carbocycles. The molecule has 0 radical (unpaired) electrons. The number of anilines is 1. The average Bonchev–Trinajstić information content (AvgIpc) is 2.73. The van der Waals surface area contributed by atoms with Gasteiger partial charge in [0, 0.05) is 24.8 Å². The molecule has 2 rings (SSSR count). The molecule has 5 nitrogen and oxygen atoms in total. The molecule has 1 aliphatic rings. The van der Waals surface area contributed by atoms with Gasteiger partial charge in [0.05, 0.1) is 5.41 Å². The van der Waals surface area contributed by atoms with Gasteiger partial charge in [0.2, 0.25) is 5.91 Å². The molecule has 18 heavy (non-hydrogen) atoms. The Morgan fingerprint density at radius 3 is 2.83 bits per heavy atom. The molecule has 2 heterocycles. The molecule has 96 valence electrons. The third-order valence-corrected chi connectivity index (χ3v) is 3.58. The molecule has 1 fully saturated rings. The number of amides is 1. The first-order valence-corrected chi connectivity index (χ1v) is 5.93. The minimum atomic E-state index is -0.489. The number of aryl methyl sites for hydroxylation is 1. The fourth-order valence-electron chi connectivity index (χ4n) is 2.33. The van der Waals surface area contributed by atoms with E-state index in [0.717, 1.165) is 30.6 Å². The first-order chi connectivity index (χ1) is 8.46. The van der Waals surface area contributed by atoms with Crippen molar-refractivity contribution in [2.45, 2.75) is 20.3 Å². The summed E-state index contributed by atoms with van der Waals surface area (Å²) in [6.45, 7) is 5.13. The maximum Gasteiger partial charge on any atom is 0.225 e. The summed E-state index contributed by atoms with van der Waals surface area (Å²) in [6, 6.07) is 1.80. The molecule has 1 atom stereocenters. The molecule has 0 spiro atoms. The van der Waals surface area contributed by atoms with Crippen molar-refractivity contribution in [2.24, 2.45) is 11.1 Å². The largest absolute Gasteiger partial charge is 0.369 e. The maximum absolute atomic E-state index is 11.4. The normalized spacial score (nSPS) is 23.1. The number of carbonyl (C=O) groups excluding carboxylic acids is 2. The second-order valence-corrected chi connectivity index (χ2v) is 5.12. The van der Waals surface area contributed by atoms with Gasteiger partial charge in [0.1, 0.15) is 5.82 Å². The highest BCUT2D eigenvalue weighted by Crippen LogP contribution is 2.33. The number of aromatic nitrogens is 1. The number of nitrogens with two attached hydrogens (primary N) is 1. The minimum absolute atomic E-state index is 0.271. The lowest BCUT2D eigenvalue weighted by Crippen LogP contribution is -2.37. The first-order valence-electron chi connectivity index (χ1n) is 5.93. The Labute approximate surface area is 106 Å². The van der Waals surface area contributed by atoms with Crippen LogP contribution in [0.3, 0.4) is 0 Å². The van der Waals surface area contributed by atoms with E-state index >= 15 is 0 Å². The van der Waals surface area contributed by atoms with E-state index in [1.807, 2.05) is 13.8 Å². The Balaban J connectivity index is 2.24. The third-order valence-electron chi connectivity index (χ3n) is 3.58. The zero-order valence-electron chi connectivity index (χ0n) is 10.6. The van der Waals surface area contributed by atoms with E-state index in [2.05, 4.69) is 9.88 Å². The quantitative estimate of drug-likeness (QED) is 0.805. The summed E-state index contributed by atoms with van der Waals surface area (Å²) in [5.41, 5.74) is 6.44. The molecule has 5 heteroatoms. The molecular weight excluding hydrogens is 230 g/mol. The van der Waals surface area contributed by atoms with Crippen molar-refractivity contribution >= 4 is 18.0 Å². The van der Waals surface area contributed by atoms with Crippen molar-refractivity contribution in [1.82, 2.24) is 4.98 Å². The summed E-state index contributed by atoms with van der Waals surface area (Å²) in [5.74, 6) is 0.553. The highest BCUT2D eigenvalue weighted by atomic mass is 16.1. The van der Waals surface area contributed by atoms with Gasteiger partial charge in [-0.15, -0.1) is 0 Å². The number of primary amides is 1. The standard InChI is InChI=1S/C13H17N3O2/c1-9-5-10(7-17)6-15-11(9)16-4-3-13(2,8-16)12(14)18/h5-7H,3-4,8H2,1-2H3,(H2,14,18). The van der Waals surface area contributed by atoms with Crippen molar-refractivity contribution in [3.63, 3.8) is 0 Å². The zero-order chi connectivity index (χ0) is 13.3. The topological polar surface area (TPSA) is 76.3 Å². The van der Waals surface area contributed by atoms with Gasteiger partial charge < -0.3 is 10.6 Å². The van der Waals surface area contributed by atoms with E-state index in [-0.39, 0.29) is 5.91 Å². The molecule has 0 aromatic carbocycles. The monoisotopic (exact) mass is 247 g/mol. The van der Waals surface area contributed by atoms with Crippen molar-refractivity contribution in [3.05, 3.63) is 23.4 Å². The molecule has 1 aromatic heterocycles. The molecule has 1 unspecified atom stereocenters. The van der Waals surface area contributed by atoms with Crippen molar-refractivity contribution < 1.29 is 9.59 Å². The number of hydrogen-bond acceptors (Lipinski definition) is 4. The highest BCUT2D eigenvalue weighted by Gasteiger charge is 2.39. The second-order valence-electron chi connectivity index (χ2n) is 5.12. The Bertz CT molecular complexity index is 501. The van der Waals surface area contributed by atoms with Crippen LogP contribution < -0.4 is 10.6 Å².